The molecule has 0 radical (unpaired) electrons. The number of nitrogens with zero attached hydrogens (tertiary/aromatic N) is 2. The second-order valence-corrected chi connectivity index (χ2v) is 10.8. The quantitative estimate of drug-likeness (QED) is 0.143. The Bertz CT molecular complexity index is 2210. The molecule has 48 heavy (non-hydrogen) atoms. The molecule has 0 aromatic heterocycles. The maximum absolute atomic E-state index is 13.5. The minimum Gasteiger partial charge on any atom is -0.279 e. The van der Waals surface area contributed by atoms with Gasteiger partial charge in [-0.15, -0.1) is 0 Å². The predicted octanol–water partition coefficient (Wildman–Crippen LogP) is 5.76. The topological polar surface area (TPSA) is 109 Å². The van der Waals surface area contributed by atoms with Crippen LogP contribution in [0, 0.1) is 23.7 Å². The minimum atomic E-state index is -0.667. The highest BCUT2D eigenvalue weighted by Gasteiger charge is 2.40. The molecule has 7 rings (SSSR count). The number of benzene rings is 5. The number of Topliss-reactive ketones (excluding diaryl/α,β-unsaturated/α-hetero) is 2. The predicted molar refractivity (Wildman–Crippen MR) is 177 cm³/mol. The number of anilines is 2. The van der Waals surface area contributed by atoms with E-state index in [1.807, 2.05) is 12.1 Å². The third-order valence-electron chi connectivity index (χ3n) is 7.83. The van der Waals surface area contributed by atoms with E-state index in [1.165, 1.54) is 60.7 Å². The number of ketones is 2. The maximum atomic E-state index is 13.5. The van der Waals surface area contributed by atoms with Crippen molar-refractivity contribution in [1.82, 2.24) is 0 Å². The normalized spacial score (nSPS) is 12.9. The Morgan fingerprint density at radius 2 is 0.812 bits per heavy atom. The van der Waals surface area contributed by atoms with E-state index in [-0.39, 0.29) is 44.8 Å². The van der Waals surface area contributed by atoms with Crippen LogP contribution in [-0.2, 0) is 0 Å². The standard InChI is InChI=1S/C40H20N2O6/c43-35(20-14-25-8-3-1-4-9-25)27-16-18-31-33(22-27)39(47)41(37(31)45)29-12-7-13-30(24-29)42-38(46)32-19-17-28(23-34(32)40(42)48)36(44)21-15-26-10-5-2-6-11-26/h1-13,16-19,22-24H. The molecular weight excluding hydrogens is 604 g/mol. The molecule has 2 heterocycles. The van der Waals surface area contributed by atoms with Crippen LogP contribution in [0.3, 0.4) is 0 Å². The molecule has 0 bridgehead atoms. The Balaban J connectivity index is 1.13. The fourth-order valence-corrected chi connectivity index (χ4v) is 5.45. The van der Waals surface area contributed by atoms with Gasteiger partial charge in [-0.1, -0.05) is 54.3 Å². The van der Waals surface area contributed by atoms with E-state index >= 15 is 0 Å². The van der Waals surface area contributed by atoms with E-state index in [9.17, 15) is 28.8 Å². The molecule has 0 atom stereocenters. The molecule has 5 aromatic carbocycles. The number of imide groups is 2. The van der Waals surface area contributed by atoms with Crippen molar-refractivity contribution in [2.75, 3.05) is 9.80 Å². The van der Waals surface area contributed by atoms with Gasteiger partial charge in [0.15, 0.2) is 0 Å². The van der Waals surface area contributed by atoms with E-state index in [1.54, 1.807) is 48.5 Å². The molecule has 0 aliphatic carbocycles. The van der Waals surface area contributed by atoms with Gasteiger partial charge < -0.3 is 0 Å². The molecule has 2 aliphatic rings. The Kier molecular flexibility index (Phi) is 7.37. The molecule has 0 saturated heterocycles. The molecule has 0 unspecified atom stereocenters. The van der Waals surface area contributed by atoms with E-state index in [0.29, 0.717) is 11.1 Å². The molecule has 8 nitrogen and oxygen atoms in total. The Morgan fingerprint density at radius 3 is 1.23 bits per heavy atom. The van der Waals surface area contributed by atoms with Crippen molar-refractivity contribution in [3.8, 4) is 23.7 Å². The molecule has 226 valence electrons. The van der Waals surface area contributed by atoms with Crippen molar-refractivity contribution in [2.45, 2.75) is 0 Å². The average Bonchev–Trinajstić information content (AvgIpc) is 3.53. The SMILES string of the molecule is O=C(C#Cc1ccccc1)c1ccc2c(c1)C(=O)N(c1cccc(N3C(=O)c4ccc(C(=O)C#Cc5ccccc5)cc4C3=O)c1)C2=O. The summed E-state index contributed by atoms with van der Waals surface area (Å²) in [5.74, 6) is 7.09. The van der Waals surface area contributed by atoms with Gasteiger partial charge >= 0.3 is 0 Å². The zero-order valence-electron chi connectivity index (χ0n) is 24.9. The summed E-state index contributed by atoms with van der Waals surface area (Å²) in [7, 11) is 0. The first-order chi connectivity index (χ1) is 23.3. The number of amides is 4. The van der Waals surface area contributed by atoms with Crippen molar-refractivity contribution >= 4 is 46.6 Å². The average molecular weight is 625 g/mol. The summed E-state index contributed by atoms with van der Waals surface area (Å²) < 4.78 is 0. The van der Waals surface area contributed by atoms with Gasteiger partial charge in [0.1, 0.15) is 0 Å². The highest BCUT2D eigenvalue weighted by molar-refractivity contribution is 6.36. The lowest BCUT2D eigenvalue weighted by Gasteiger charge is -2.18. The summed E-state index contributed by atoms with van der Waals surface area (Å²) in [6.07, 6.45) is 0. The number of carbonyl (C=O) groups is 6. The summed E-state index contributed by atoms with van der Waals surface area (Å²) in [4.78, 5) is 81.2. The van der Waals surface area contributed by atoms with Crippen LogP contribution < -0.4 is 9.80 Å². The summed E-state index contributed by atoms with van der Waals surface area (Å²) in [6, 6.07) is 32.2. The third-order valence-corrected chi connectivity index (χ3v) is 7.83. The first kappa shape index (κ1) is 29.5. The van der Waals surface area contributed by atoms with E-state index in [4.69, 9.17) is 0 Å². The van der Waals surface area contributed by atoms with Crippen LogP contribution in [0.1, 0.15) is 73.3 Å². The van der Waals surface area contributed by atoms with E-state index < -0.39 is 35.2 Å². The van der Waals surface area contributed by atoms with Crippen molar-refractivity contribution in [1.29, 1.82) is 0 Å². The maximum Gasteiger partial charge on any atom is 0.266 e. The second-order valence-electron chi connectivity index (χ2n) is 10.8. The summed E-state index contributed by atoms with van der Waals surface area (Å²) in [6.45, 7) is 0. The fraction of sp³-hybridized carbons (Fsp3) is 0. The van der Waals surface area contributed by atoms with Gasteiger partial charge in [-0.05, 0) is 90.7 Å². The molecule has 2 aliphatic heterocycles. The van der Waals surface area contributed by atoms with Crippen LogP contribution in [-0.4, -0.2) is 35.2 Å². The van der Waals surface area contributed by atoms with Gasteiger partial charge in [-0.25, -0.2) is 9.80 Å². The number of carbonyl (C=O) groups excluding carboxylic acids is 6. The molecule has 0 N–H and O–H groups in total. The van der Waals surface area contributed by atoms with Crippen LogP contribution in [0.2, 0.25) is 0 Å². The molecule has 0 spiro atoms. The van der Waals surface area contributed by atoms with Crippen LogP contribution in [0.4, 0.5) is 11.4 Å². The van der Waals surface area contributed by atoms with E-state index in [0.717, 1.165) is 9.80 Å². The highest BCUT2D eigenvalue weighted by Crippen LogP contribution is 2.34. The Labute approximate surface area is 274 Å². The first-order valence-corrected chi connectivity index (χ1v) is 14.7. The number of rotatable bonds is 4. The van der Waals surface area contributed by atoms with Crippen molar-refractivity contribution in [2.24, 2.45) is 0 Å². The summed E-state index contributed by atoms with van der Waals surface area (Å²) in [5.41, 5.74) is 2.15. The largest absolute Gasteiger partial charge is 0.279 e. The Morgan fingerprint density at radius 1 is 0.417 bits per heavy atom. The molecular formula is C40H20N2O6. The number of hydrogen-bond donors (Lipinski definition) is 0. The lowest BCUT2D eigenvalue weighted by atomic mass is 10.0. The molecule has 0 saturated carbocycles. The van der Waals surface area contributed by atoms with Crippen LogP contribution in [0.25, 0.3) is 0 Å². The highest BCUT2D eigenvalue weighted by atomic mass is 16.2. The number of fused-ring (bicyclic) bond motifs is 2. The minimum absolute atomic E-state index is 0.0334. The van der Waals surface area contributed by atoms with Gasteiger partial charge in [0.05, 0.1) is 33.6 Å². The van der Waals surface area contributed by atoms with Gasteiger partial charge in [0.25, 0.3) is 23.6 Å². The number of hydrogen-bond acceptors (Lipinski definition) is 6. The van der Waals surface area contributed by atoms with Crippen molar-refractivity contribution in [3.63, 3.8) is 0 Å². The Hall–Kier alpha value is -7.16. The zero-order valence-corrected chi connectivity index (χ0v) is 24.9. The van der Waals surface area contributed by atoms with Crippen molar-refractivity contribution in [3.05, 3.63) is 166 Å². The smallest absolute Gasteiger partial charge is 0.266 e. The molecule has 4 amide bonds. The monoisotopic (exact) mass is 624 g/mol. The molecule has 0 fully saturated rings. The van der Waals surface area contributed by atoms with Gasteiger partial charge in [0, 0.05) is 22.3 Å². The summed E-state index contributed by atoms with van der Waals surface area (Å²) in [5, 5.41) is 0. The third kappa shape index (κ3) is 5.26. The van der Waals surface area contributed by atoms with Crippen molar-refractivity contribution < 1.29 is 28.8 Å². The van der Waals surface area contributed by atoms with Crippen LogP contribution >= 0.6 is 0 Å². The van der Waals surface area contributed by atoms with Crippen LogP contribution in [0.5, 0.6) is 0 Å². The fourth-order valence-electron chi connectivity index (χ4n) is 5.45. The van der Waals surface area contributed by atoms with Gasteiger partial charge in [-0.2, -0.15) is 0 Å². The second kappa shape index (κ2) is 12.0. The molecule has 5 aromatic rings. The van der Waals surface area contributed by atoms with Crippen LogP contribution in [0.15, 0.2) is 121 Å². The lowest BCUT2D eigenvalue weighted by molar-refractivity contribution is 0.0912. The summed E-state index contributed by atoms with van der Waals surface area (Å²) >= 11 is 0. The first-order valence-electron chi connectivity index (χ1n) is 14.7. The van der Waals surface area contributed by atoms with Gasteiger partial charge in [0.2, 0.25) is 11.6 Å². The lowest BCUT2D eigenvalue weighted by Crippen LogP contribution is -2.31. The van der Waals surface area contributed by atoms with E-state index in [2.05, 4.69) is 23.7 Å². The zero-order chi connectivity index (χ0) is 33.4. The molecule has 8 heteroatoms. The van der Waals surface area contributed by atoms with Gasteiger partial charge in [-0.3, -0.25) is 28.8 Å².